The number of halogens is 1. The highest BCUT2D eigenvalue weighted by Crippen LogP contribution is 2.34. The van der Waals surface area contributed by atoms with E-state index in [0.717, 1.165) is 25.3 Å². The minimum Gasteiger partial charge on any atom is -0.373 e. The van der Waals surface area contributed by atoms with Gasteiger partial charge in [0, 0.05) is 19.5 Å². The second kappa shape index (κ2) is 9.55. The Morgan fingerprint density at radius 1 is 1.04 bits per heavy atom. The molecule has 144 valence electrons. The highest BCUT2D eigenvalue weighted by molar-refractivity contribution is 14.0. The Bertz CT molecular complexity index is 698. The van der Waals surface area contributed by atoms with Gasteiger partial charge >= 0.3 is 0 Å². The highest BCUT2D eigenvalue weighted by atomic mass is 127. The van der Waals surface area contributed by atoms with E-state index in [1.54, 1.807) is 0 Å². The molecule has 0 spiro atoms. The van der Waals surface area contributed by atoms with Crippen LogP contribution in [0, 0.1) is 0 Å². The number of ether oxygens (including phenoxy) is 1. The molecule has 27 heavy (non-hydrogen) atoms. The highest BCUT2D eigenvalue weighted by Gasteiger charge is 2.41. The monoisotopic (exact) mass is 477 g/mol. The molecule has 4 nitrogen and oxygen atoms in total. The Balaban J connectivity index is 0.00000210. The zero-order valence-corrected chi connectivity index (χ0v) is 18.0. The minimum atomic E-state index is 0. The van der Waals surface area contributed by atoms with Gasteiger partial charge in [0.1, 0.15) is 0 Å². The van der Waals surface area contributed by atoms with Gasteiger partial charge in [-0.15, -0.1) is 24.0 Å². The molecule has 0 saturated carbocycles. The summed E-state index contributed by atoms with van der Waals surface area (Å²) in [4.78, 5) is 4.43. The topological polar surface area (TPSA) is 45.7 Å². The van der Waals surface area contributed by atoms with E-state index >= 15 is 0 Å². The van der Waals surface area contributed by atoms with E-state index in [4.69, 9.17) is 4.74 Å². The summed E-state index contributed by atoms with van der Waals surface area (Å²) in [6.45, 7) is 0.801. The second-order valence-electron chi connectivity index (χ2n) is 7.19. The maximum Gasteiger partial charge on any atom is 0.191 e. The molecular weight excluding hydrogens is 449 g/mol. The Morgan fingerprint density at radius 2 is 1.67 bits per heavy atom. The first-order valence-electron chi connectivity index (χ1n) is 9.56. The molecule has 2 aliphatic rings. The third-order valence-electron chi connectivity index (χ3n) is 5.53. The molecule has 0 amide bonds. The van der Waals surface area contributed by atoms with Crippen LogP contribution in [0.25, 0.3) is 0 Å². The van der Waals surface area contributed by atoms with Crippen molar-refractivity contribution in [1.82, 2.24) is 10.6 Å². The number of nitrogens with one attached hydrogen (secondary N) is 2. The molecule has 2 bridgehead atoms. The quantitative estimate of drug-likeness (QED) is 0.390. The Kier molecular flexibility index (Phi) is 7.13. The summed E-state index contributed by atoms with van der Waals surface area (Å²) < 4.78 is 5.95. The molecule has 2 aromatic carbocycles. The lowest BCUT2D eigenvalue weighted by molar-refractivity contribution is 0.0992. The standard InChI is InChI=1S/C22H27N3O.HI/c1-23-22(25-20-14-18-12-13-21(20)26-18)24-15-19(16-8-4-2-5-9-16)17-10-6-3-7-11-17;/h2-11,18-21H,12-15H2,1H3,(H2,23,24,25);1H. The normalized spacial score (nSPS) is 23.9. The summed E-state index contributed by atoms with van der Waals surface area (Å²) >= 11 is 0. The van der Waals surface area contributed by atoms with Crippen LogP contribution in [-0.2, 0) is 4.74 Å². The van der Waals surface area contributed by atoms with Gasteiger partial charge < -0.3 is 15.4 Å². The molecule has 5 heteroatoms. The molecule has 4 rings (SSSR count). The van der Waals surface area contributed by atoms with Gasteiger partial charge in [-0.1, -0.05) is 60.7 Å². The number of aliphatic imine (C=N–C) groups is 1. The van der Waals surface area contributed by atoms with E-state index in [9.17, 15) is 0 Å². The van der Waals surface area contributed by atoms with Gasteiger partial charge in [0.25, 0.3) is 0 Å². The Hall–Kier alpha value is -1.60. The molecule has 2 aliphatic heterocycles. The van der Waals surface area contributed by atoms with Crippen LogP contribution in [0.15, 0.2) is 65.7 Å². The molecule has 3 atom stereocenters. The molecule has 0 aliphatic carbocycles. The van der Waals surface area contributed by atoms with E-state index in [0.29, 0.717) is 18.2 Å². The second-order valence-corrected chi connectivity index (χ2v) is 7.19. The van der Waals surface area contributed by atoms with Crippen molar-refractivity contribution in [3.8, 4) is 0 Å². The Labute approximate surface area is 178 Å². The fraction of sp³-hybridized carbons (Fsp3) is 0.409. The maximum absolute atomic E-state index is 5.95. The molecule has 2 N–H and O–H groups in total. The zero-order valence-electron chi connectivity index (χ0n) is 15.7. The lowest BCUT2D eigenvalue weighted by Crippen LogP contribution is -2.48. The molecule has 2 aromatic rings. The first-order valence-corrected chi connectivity index (χ1v) is 9.56. The van der Waals surface area contributed by atoms with Gasteiger partial charge in [0.15, 0.2) is 5.96 Å². The van der Waals surface area contributed by atoms with E-state index in [1.807, 2.05) is 7.05 Å². The molecule has 3 unspecified atom stereocenters. The third kappa shape index (κ3) is 4.82. The zero-order chi connectivity index (χ0) is 17.8. The molecule has 2 saturated heterocycles. The number of hydrogen-bond donors (Lipinski definition) is 2. The molecule has 0 radical (unpaired) electrons. The van der Waals surface area contributed by atoms with E-state index in [2.05, 4.69) is 76.3 Å². The van der Waals surface area contributed by atoms with Crippen molar-refractivity contribution in [1.29, 1.82) is 0 Å². The lowest BCUT2D eigenvalue weighted by Gasteiger charge is -2.25. The summed E-state index contributed by atoms with van der Waals surface area (Å²) in [5, 5.41) is 7.11. The van der Waals surface area contributed by atoms with Gasteiger partial charge in [-0.3, -0.25) is 4.99 Å². The van der Waals surface area contributed by atoms with Gasteiger partial charge in [-0.05, 0) is 30.4 Å². The van der Waals surface area contributed by atoms with Crippen molar-refractivity contribution >= 4 is 29.9 Å². The molecular formula is C22H28IN3O. The first-order chi connectivity index (χ1) is 12.8. The lowest BCUT2D eigenvalue weighted by atomic mass is 9.91. The van der Waals surface area contributed by atoms with Crippen LogP contribution in [-0.4, -0.2) is 37.8 Å². The van der Waals surface area contributed by atoms with Crippen LogP contribution < -0.4 is 10.6 Å². The summed E-state index contributed by atoms with van der Waals surface area (Å²) in [5.41, 5.74) is 2.62. The van der Waals surface area contributed by atoms with Crippen molar-refractivity contribution in [2.45, 2.75) is 43.4 Å². The van der Waals surface area contributed by atoms with Crippen LogP contribution in [0.4, 0.5) is 0 Å². The van der Waals surface area contributed by atoms with Gasteiger partial charge in [0.05, 0.1) is 18.2 Å². The van der Waals surface area contributed by atoms with E-state index in [-0.39, 0.29) is 29.9 Å². The van der Waals surface area contributed by atoms with Gasteiger partial charge in [-0.25, -0.2) is 0 Å². The van der Waals surface area contributed by atoms with Gasteiger partial charge in [0.2, 0.25) is 0 Å². The molecule has 2 fully saturated rings. The largest absolute Gasteiger partial charge is 0.373 e. The fourth-order valence-corrected chi connectivity index (χ4v) is 4.16. The van der Waals surface area contributed by atoms with Crippen LogP contribution >= 0.6 is 24.0 Å². The molecule has 2 heterocycles. The number of hydrogen-bond acceptors (Lipinski definition) is 2. The number of nitrogens with zero attached hydrogens (tertiary/aromatic N) is 1. The van der Waals surface area contributed by atoms with E-state index in [1.165, 1.54) is 17.5 Å². The predicted molar refractivity (Wildman–Crippen MR) is 121 cm³/mol. The SMILES string of the molecule is CN=C(NCC(c1ccccc1)c1ccccc1)NC1CC2CCC1O2.I. The molecule has 0 aromatic heterocycles. The van der Waals surface area contributed by atoms with Crippen LogP contribution in [0.1, 0.15) is 36.3 Å². The van der Waals surface area contributed by atoms with Crippen LogP contribution in [0.5, 0.6) is 0 Å². The average molecular weight is 477 g/mol. The van der Waals surface area contributed by atoms with Crippen molar-refractivity contribution in [3.05, 3.63) is 71.8 Å². The summed E-state index contributed by atoms with van der Waals surface area (Å²) in [6.07, 6.45) is 4.25. The number of rotatable bonds is 5. The first kappa shape index (κ1) is 20.1. The van der Waals surface area contributed by atoms with Crippen molar-refractivity contribution in [2.24, 2.45) is 4.99 Å². The summed E-state index contributed by atoms with van der Waals surface area (Å²) in [7, 11) is 1.84. The number of benzene rings is 2. The van der Waals surface area contributed by atoms with Crippen LogP contribution in [0.2, 0.25) is 0 Å². The summed E-state index contributed by atoms with van der Waals surface area (Å²) in [5.74, 6) is 1.15. The number of fused-ring (bicyclic) bond motifs is 2. The van der Waals surface area contributed by atoms with Crippen molar-refractivity contribution < 1.29 is 4.74 Å². The Morgan fingerprint density at radius 3 is 2.15 bits per heavy atom. The van der Waals surface area contributed by atoms with Crippen molar-refractivity contribution in [3.63, 3.8) is 0 Å². The third-order valence-corrected chi connectivity index (χ3v) is 5.53. The van der Waals surface area contributed by atoms with Crippen molar-refractivity contribution in [2.75, 3.05) is 13.6 Å². The summed E-state index contributed by atoms with van der Waals surface area (Å²) in [6, 6.07) is 21.7. The fourth-order valence-electron chi connectivity index (χ4n) is 4.16. The smallest absolute Gasteiger partial charge is 0.191 e. The number of guanidine groups is 1. The maximum atomic E-state index is 5.95. The average Bonchev–Trinajstić information content (AvgIpc) is 3.32. The van der Waals surface area contributed by atoms with Gasteiger partial charge in [-0.2, -0.15) is 0 Å². The predicted octanol–water partition coefficient (Wildman–Crippen LogP) is 3.92. The van der Waals surface area contributed by atoms with Crippen LogP contribution in [0.3, 0.4) is 0 Å². The minimum absolute atomic E-state index is 0. The van der Waals surface area contributed by atoms with E-state index < -0.39 is 0 Å².